The number of nitrogens with one attached hydrogen (secondary N) is 1. The van der Waals surface area contributed by atoms with Crippen LogP contribution in [0, 0.1) is 0 Å². The van der Waals surface area contributed by atoms with E-state index in [0.717, 1.165) is 26.1 Å². The second-order valence-corrected chi connectivity index (χ2v) is 4.00. The average molecular weight is 207 g/mol. The van der Waals surface area contributed by atoms with Gasteiger partial charge in [0.25, 0.3) is 0 Å². The van der Waals surface area contributed by atoms with Gasteiger partial charge >= 0.3 is 0 Å². The predicted molar refractivity (Wildman–Crippen MR) is 55.3 cm³/mol. The molecule has 0 spiro atoms. The minimum atomic E-state index is -0.0635. The molecule has 2 saturated heterocycles. The second kappa shape index (κ2) is 5.15. The van der Waals surface area contributed by atoms with Crippen LogP contribution in [0.3, 0.4) is 0 Å². The molecule has 3 nitrogen and oxygen atoms in total. The van der Waals surface area contributed by atoms with Crippen molar-refractivity contribution in [3.63, 3.8) is 0 Å². The Morgan fingerprint density at radius 3 is 2.77 bits per heavy atom. The Bertz CT molecular complexity index is 151. The largest absolute Gasteiger partial charge is 0.392 e. The molecule has 2 heterocycles. The third kappa shape index (κ3) is 3.09. The van der Waals surface area contributed by atoms with Gasteiger partial charge in [-0.05, 0) is 25.8 Å². The molecule has 0 aliphatic carbocycles. The minimum Gasteiger partial charge on any atom is -0.392 e. The number of likely N-dealkylation sites (tertiary alicyclic amines) is 1. The second-order valence-electron chi connectivity index (χ2n) is 4.00. The molecule has 2 N–H and O–H groups in total. The van der Waals surface area contributed by atoms with Crippen molar-refractivity contribution in [1.82, 2.24) is 10.2 Å². The molecule has 0 bridgehead atoms. The van der Waals surface area contributed by atoms with Crippen LogP contribution in [0.4, 0.5) is 0 Å². The van der Waals surface area contributed by atoms with Crippen LogP contribution in [0.15, 0.2) is 0 Å². The van der Waals surface area contributed by atoms with Crippen molar-refractivity contribution < 1.29 is 5.11 Å². The van der Waals surface area contributed by atoms with Crippen LogP contribution in [-0.4, -0.2) is 48.3 Å². The zero-order chi connectivity index (χ0) is 8.39. The van der Waals surface area contributed by atoms with Gasteiger partial charge in [0.1, 0.15) is 0 Å². The summed E-state index contributed by atoms with van der Waals surface area (Å²) in [6, 6.07) is 0.690. The highest BCUT2D eigenvalue weighted by atomic mass is 35.5. The van der Waals surface area contributed by atoms with Crippen molar-refractivity contribution in [2.24, 2.45) is 0 Å². The van der Waals surface area contributed by atoms with Crippen LogP contribution in [0.25, 0.3) is 0 Å². The molecule has 78 valence electrons. The highest BCUT2D eigenvalue weighted by Gasteiger charge is 2.23. The molecule has 0 aromatic carbocycles. The van der Waals surface area contributed by atoms with Crippen molar-refractivity contribution in [2.75, 3.05) is 26.2 Å². The van der Waals surface area contributed by atoms with E-state index in [4.69, 9.17) is 0 Å². The SMILES string of the molecule is Cl.O[C@H]1CCN(C[C@@H]2CCCN2)C1. The Morgan fingerprint density at radius 2 is 2.23 bits per heavy atom. The number of aliphatic hydroxyl groups is 1. The maximum atomic E-state index is 9.31. The molecule has 4 heteroatoms. The molecule has 2 rings (SSSR count). The third-order valence-electron chi connectivity index (χ3n) is 2.89. The van der Waals surface area contributed by atoms with Crippen molar-refractivity contribution in [1.29, 1.82) is 0 Å². The molecular formula is C9H19ClN2O. The molecule has 2 aliphatic heterocycles. The summed E-state index contributed by atoms with van der Waals surface area (Å²) in [5, 5.41) is 12.8. The molecule has 2 atom stereocenters. The van der Waals surface area contributed by atoms with E-state index in [2.05, 4.69) is 10.2 Å². The molecule has 13 heavy (non-hydrogen) atoms. The summed E-state index contributed by atoms with van der Waals surface area (Å²) >= 11 is 0. The first kappa shape index (κ1) is 11.2. The Balaban J connectivity index is 0.000000845. The molecule has 0 aromatic rings. The van der Waals surface area contributed by atoms with E-state index in [9.17, 15) is 5.11 Å². The van der Waals surface area contributed by atoms with Crippen molar-refractivity contribution in [2.45, 2.75) is 31.4 Å². The highest BCUT2D eigenvalue weighted by Crippen LogP contribution is 2.12. The summed E-state index contributed by atoms with van der Waals surface area (Å²) in [7, 11) is 0. The monoisotopic (exact) mass is 206 g/mol. The number of hydrogen-bond donors (Lipinski definition) is 2. The fourth-order valence-electron chi connectivity index (χ4n) is 2.20. The van der Waals surface area contributed by atoms with Gasteiger partial charge in [-0.25, -0.2) is 0 Å². The van der Waals surface area contributed by atoms with E-state index < -0.39 is 0 Å². The van der Waals surface area contributed by atoms with Gasteiger partial charge in [0.15, 0.2) is 0 Å². The van der Waals surface area contributed by atoms with Gasteiger partial charge in [0.2, 0.25) is 0 Å². The molecule has 0 unspecified atom stereocenters. The fourth-order valence-corrected chi connectivity index (χ4v) is 2.20. The van der Waals surface area contributed by atoms with E-state index in [1.54, 1.807) is 0 Å². The number of nitrogens with zero attached hydrogens (tertiary/aromatic N) is 1. The summed E-state index contributed by atoms with van der Waals surface area (Å²) in [6.07, 6.45) is 3.53. The van der Waals surface area contributed by atoms with Crippen molar-refractivity contribution >= 4 is 12.4 Å². The number of hydrogen-bond acceptors (Lipinski definition) is 3. The number of rotatable bonds is 2. The van der Waals surface area contributed by atoms with E-state index in [-0.39, 0.29) is 18.5 Å². The van der Waals surface area contributed by atoms with Gasteiger partial charge in [0.05, 0.1) is 6.10 Å². The Labute approximate surface area is 85.9 Å². The lowest BCUT2D eigenvalue weighted by Crippen LogP contribution is -2.36. The predicted octanol–water partition coefficient (Wildman–Crippen LogP) is 0.227. The Hall–Kier alpha value is 0.170. The first-order chi connectivity index (χ1) is 5.84. The van der Waals surface area contributed by atoms with E-state index in [1.807, 2.05) is 0 Å². The van der Waals surface area contributed by atoms with Gasteiger partial charge < -0.3 is 10.4 Å². The Morgan fingerprint density at radius 1 is 1.38 bits per heavy atom. The summed E-state index contributed by atoms with van der Waals surface area (Å²) < 4.78 is 0. The van der Waals surface area contributed by atoms with Crippen molar-refractivity contribution in [3.8, 4) is 0 Å². The zero-order valence-electron chi connectivity index (χ0n) is 7.91. The van der Waals surface area contributed by atoms with Gasteiger partial charge in [-0.1, -0.05) is 0 Å². The topological polar surface area (TPSA) is 35.5 Å². The van der Waals surface area contributed by atoms with Crippen LogP contribution in [-0.2, 0) is 0 Å². The summed E-state index contributed by atoms with van der Waals surface area (Å²) in [4.78, 5) is 2.37. The maximum absolute atomic E-state index is 9.31. The molecular weight excluding hydrogens is 188 g/mol. The first-order valence-corrected chi connectivity index (χ1v) is 4.98. The van der Waals surface area contributed by atoms with Gasteiger partial charge in [-0.15, -0.1) is 12.4 Å². The summed E-state index contributed by atoms with van der Waals surface area (Å²) in [5.74, 6) is 0. The average Bonchev–Trinajstić information content (AvgIpc) is 2.63. The van der Waals surface area contributed by atoms with Crippen LogP contribution >= 0.6 is 12.4 Å². The first-order valence-electron chi connectivity index (χ1n) is 4.98. The summed E-state index contributed by atoms with van der Waals surface area (Å²) in [6.45, 7) is 4.29. The van der Waals surface area contributed by atoms with E-state index in [1.165, 1.54) is 19.4 Å². The van der Waals surface area contributed by atoms with Gasteiger partial charge in [-0.2, -0.15) is 0 Å². The standard InChI is InChI=1S/C9H18N2O.ClH/c12-9-3-5-11(7-9)6-8-2-1-4-10-8;/h8-10,12H,1-7H2;1H/t8-,9-;/m0./s1. The molecule has 0 amide bonds. The lowest BCUT2D eigenvalue weighted by Gasteiger charge is -2.19. The van der Waals surface area contributed by atoms with Gasteiger partial charge in [0, 0.05) is 25.7 Å². The van der Waals surface area contributed by atoms with E-state index >= 15 is 0 Å². The normalized spacial score (nSPS) is 34.8. The number of β-amino-alcohol motifs (C(OH)–C–C–N with tert-alkyl or cyclic N) is 1. The van der Waals surface area contributed by atoms with Crippen LogP contribution < -0.4 is 5.32 Å². The minimum absolute atomic E-state index is 0. The highest BCUT2D eigenvalue weighted by molar-refractivity contribution is 5.85. The van der Waals surface area contributed by atoms with Crippen molar-refractivity contribution in [3.05, 3.63) is 0 Å². The molecule has 0 radical (unpaired) electrons. The quantitative estimate of drug-likeness (QED) is 0.679. The fraction of sp³-hybridized carbons (Fsp3) is 1.00. The van der Waals surface area contributed by atoms with Gasteiger partial charge in [-0.3, -0.25) is 4.90 Å². The van der Waals surface area contributed by atoms with Crippen LogP contribution in [0.5, 0.6) is 0 Å². The van der Waals surface area contributed by atoms with E-state index in [0.29, 0.717) is 6.04 Å². The van der Waals surface area contributed by atoms with Crippen LogP contribution in [0.1, 0.15) is 19.3 Å². The molecule has 2 aliphatic rings. The third-order valence-corrected chi connectivity index (χ3v) is 2.89. The molecule has 2 fully saturated rings. The Kier molecular flexibility index (Phi) is 4.46. The lowest BCUT2D eigenvalue weighted by molar-refractivity contribution is 0.173. The zero-order valence-corrected chi connectivity index (χ0v) is 8.72. The maximum Gasteiger partial charge on any atom is 0.0679 e. The number of aliphatic hydroxyl groups excluding tert-OH is 1. The smallest absolute Gasteiger partial charge is 0.0679 e. The number of halogens is 1. The van der Waals surface area contributed by atoms with Crippen LogP contribution in [0.2, 0.25) is 0 Å². The molecule has 0 aromatic heterocycles. The molecule has 0 saturated carbocycles. The summed E-state index contributed by atoms with van der Waals surface area (Å²) in [5.41, 5.74) is 0. The lowest BCUT2D eigenvalue weighted by atomic mass is 10.2.